The number of nitrogens with zero attached hydrogens (tertiary/aromatic N) is 1. The van der Waals surface area contributed by atoms with E-state index in [-0.39, 0.29) is 5.91 Å². The van der Waals surface area contributed by atoms with Crippen LogP contribution in [-0.4, -0.2) is 38.0 Å². The Hall–Kier alpha value is -1.39. The van der Waals surface area contributed by atoms with E-state index >= 15 is 0 Å². The monoisotopic (exact) mass is 277 g/mol. The summed E-state index contributed by atoms with van der Waals surface area (Å²) < 4.78 is 0. The van der Waals surface area contributed by atoms with Crippen LogP contribution in [0.1, 0.15) is 31.7 Å². The second-order valence-electron chi connectivity index (χ2n) is 5.29. The van der Waals surface area contributed by atoms with E-state index in [9.17, 15) is 4.79 Å². The molecular formula is C16H27N3O. The van der Waals surface area contributed by atoms with Gasteiger partial charge in [-0.25, -0.2) is 0 Å². The molecule has 0 saturated heterocycles. The van der Waals surface area contributed by atoms with Crippen LogP contribution in [0.5, 0.6) is 0 Å². The van der Waals surface area contributed by atoms with Gasteiger partial charge in [-0.1, -0.05) is 43.7 Å². The fourth-order valence-electron chi connectivity index (χ4n) is 2.42. The van der Waals surface area contributed by atoms with Gasteiger partial charge in [0.15, 0.2) is 0 Å². The summed E-state index contributed by atoms with van der Waals surface area (Å²) in [4.78, 5) is 14.3. The lowest BCUT2D eigenvalue weighted by atomic mass is 9.85. The highest BCUT2D eigenvalue weighted by Gasteiger charge is 2.36. The van der Waals surface area contributed by atoms with Crippen LogP contribution in [0.3, 0.4) is 0 Å². The molecule has 3 N–H and O–H groups in total. The number of benzene rings is 1. The number of rotatable bonds is 9. The summed E-state index contributed by atoms with van der Waals surface area (Å²) in [6.45, 7) is 4.06. The van der Waals surface area contributed by atoms with Crippen LogP contribution in [0.4, 0.5) is 0 Å². The lowest BCUT2D eigenvalue weighted by Crippen LogP contribution is -2.52. The third kappa shape index (κ3) is 4.05. The predicted octanol–water partition coefficient (Wildman–Crippen LogP) is 1.71. The normalized spacial score (nSPS) is 14.2. The molecule has 112 valence electrons. The van der Waals surface area contributed by atoms with Crippen LogP contribution in [0.25, 0.3) is 0 Å². The van der Waals surface area contributed by atoms with Crippen molar-refractivity contribution < 1.29 is 4.79 Å². The van der Waals surface area contributed by atoms with Gasteiger partial charge in [-0.3, -0.25) is 4.79 Å². The van der Waals surface area contributed by atoms with Crippen LogP contribution in [0, 0.1) is 0 Å². The number of carbonyl (C=O) groups excluding carboxylic acids is 1. The lowest BCUT2D eigenvalue weighted by Gasteiger charge is -2.32. The van der Waals surface area contributed by atoms with Crippen molar-refractivity contribution in [3.05, 3.63) is 35.9 Å². The Morgan fingerprint density at radius 1 is 1.30 bits per heavy atom. The zero-order chi connectivity index (χ0) is 15.0. The lowest BCUT2D eigenvalue weighted by molar-refractivity contribution is -0.125. The first-order valence-corrected chi connectivity index (χ1v) is 7.29. The van der Waals surface area contributed by atoms with E-state index in [2.05, 4.69) is 24.2 Å². The van der Waals surface area contributed by atoms with Crippen LogP contribution in [0.2, 0.25) is 0 Å². The third-order valence-electron chi connectivity index (χ3n) is 3.88. The van der Waals surface area contributed by atoms with E-state index < -0.39 is 5.54 Å². The summed E-state index contributed by atoms with van der Waals surface area (Å²) >= 11 is 0. The molecule has 0 heterocycles. The predicted molar refractivity (Wildman–Crippen MR) is 83.4 cm³/mol. The second-order valence-corrected chi connectivity index (χ2v) is 5.29. The molecule has 0 radical (unpaired) electrons. The molecule has 0 spiro atoms. The Bertz CT molecular complexity index is 407. The topological polar surface area (TPSA) is 58.4 Å². The Balaban J connectivity index is 2.83. The second kappa shape index (κ2) is 8.02. The number of amides is 1. The zero-order valence-corrected chi connectivity index (χ0v) is 12.9. The van der Waals surface area contributed by atoms with Gasteiger partial charge in [0.25, 0.3) is 0 Å². The highest BCUT2D eigenvalue weighted by atomic mass is 16.1. The molecule has 1 amide bonds. The summed E-state index contributed by atoms with van der Waals surface area (Å²) in [5.74, 6) is -0.324. The molecule has 1 unspecified atom stereocenters. The summed E-state index contributed by atoms with van der Waals surface area (Å²) in [5, 5.41) is 3.14. The number of hydrogen-bond donors (Lipinski definition) is 2. The summed E-state index contributed by atoms with van der Waals surface area (Å²) in [6.07, 6.45) is 3.02. The van der Waals surface area contributed by atoms with Crippen LogP contribution in [-0.2, 0) is 10.3 Å². The summed E-state index contributed by atoms with van der Waals surface area (Å²) in [7, 11) is 3.88. The van der Waals surface area contributed by atoms with Gasteiger partial charge in [-0.15, -0.1) is 0 Å². The van der Waals surface area contributed by atoms with Gasteiger partial charge in [-0.2, -0.15) is 0 Å². The first-order chi connectivity index (χ1) is 9.56. The van der Waals surface area contributed by atoms with E-state index in [1.165, 1.54) is 12.8 Å². The standard InChI is InChI=1S/C16H27N3O/c1-4-5-12-19(3)13-11-16(18-2,15(17)20)14-9-7-6-8-10-14/h6-10,18H,4-5,11-13H2,1-3H3,(H2,17,20). The molecule has 4 heteroatoms. The number of primary amides is 1. The average Bonchev–Trinajstić information content (AvgIpc) is 2.47. The summed E-state index contributed by atoms with van der Waals surface area (Å²) in [6, 6.07) is 9.72. The van der Waals surface area contributed by atoms with Crippen LogP contribution in [0.15, 0.2) is 30.3 Å². The molecule has 0 bridgehead atoms. The molecule has 0 aliphatic rings. The Kier molecular flexibility index (Phi) is 6.68. The first kappa shape index (κ1) is 16.7. The number of carbonyl (C=O) groups is 1. The smallest absolute Gasteiger partial charge is 0.242 e. The fraction of sp³-hybridized carbons (Fsp3) is 0.562. The Morgan fingerprint density at radius 3 is 2.45 bits per heavy atom. The third-order valence-corrected chi connectivity index (χ3v) is 3.88. The minimum atomic E-state index is -0.790. The minimum absolute atomic E-state index is 0.324. The minimum Gasteiger partial charge on any atom is -0.368 e. The van der Waals surface area contributed by atoms with Crippen molar-refractivity contribution in [1.82, 2.24) is 10.2 Å². The maximum Gasteiger partial charge on any atom is 0.242 e. The zero-order valence-electron chi connectivity index (χ0n) is 12.9. The van der Waals surface area contributed by atoms with Crippen molar-refractivity contribution in [2.24, 2.45) is 5.73 Å². The quantitative estimate of drug-likeness (QED) is 0.722. The van der Waals surface area contributed by atoms with E-state index in [1.807, 2.05) is 30.3 Å². The van der Waals surface area contributed by atoms with Crippen molar-refractivity contribution in [1.29, 1.82) is 0 Å². The van der Waals surface area contributed by atoms with Gasteiger partial charge in [0, 0.05) is 6.54 Å². The highest BCUT2D eigenvalue weighted by Crippen LogP contribution is 2.24. The largest absolute Gasteiger partial charge is 0.368 e. The van der Waals surface area contributed by atoms with Crippen molar-refractivity contribution in [2.45, 2.75) is 31.7 Å². The molecule has 0 aliphatic carbocycles. The Morgan fingerprint density at radius 2 is 1.95 bits per heavy atom. The van der Waals surface area contributed by atoms with Crippen LogP contribution < -0.4 is 11.1 Å². The highest BCUT2D eigenvalue weighted by molar-refractivity contribution is 5.86. The molecule has 1 rings (SSSR count). The van der Waals surface area contributed by atoms with Crippen molar-refractivity contribution in [2.75, 3.05) is 27.2 Å². The maximum absolute atomic E-state index is 12.0. The van der Waals surface area contributed by atoms with Crippen LogP contribution >= 0.6 is 0 Å². The van der Waals surface area contributed by atoms with Gasteiger partial charge in [0.05, 0.1) is 0 Å². The SMILES string of the molecule is CCCCN(C)CCC(NC)(C(N)=O)c1ccccc1. The van der Waals surface area contributed by atoms with Crippen molar-refractivity contribution in [3.8, 4) is 0 Å². The van der Waals surface area contributed by atoms with Crippen molar-refractivity contribution in [3.63, 3.8) is 0 Å². The summed E-state index contributed by atoms with van der Waals surface area (Å²) in [5.41, 5.74) is 5.82. The molecule has 1 atom stereocenters. The molecule has 20 heavy (non-hydrogen) atoms. The Labute approximate surface area is 122 Å². The molecule has 1 aromatic rings. The van der Waals surface area contributed by atoms with Gasteiger partial charge >= 0.3 is 0 Å². The molecule has 4 nitrogen and oxygen atoms in total. The van der Waals surface area contributed by atoms with E-state index in [1.54, 1.807) is 7.05 Å². The number of nitrogens with two attached hydrogens (primary N) is 1. The molecule has 0 aliphatic heterocycles. The molecule has 0 fully saturated rings. The molecular weight excluding hydrogens is 250 g/mol. The number of nitrogens with one attached hydrogen (secondary N) is 1. The number of hydrogen-bond acceptors (Lipinski definition) is 3. The molecule has 1 aromatic carbocycles. The van der Waals surface area contributed by atoms with E-state index in [0.29, 0.717) is 6.42 Å². The van der Waals surface area contributed by atoms with Gasteiger partial charge in [0.1, 0.15) is 5.54 Å². The van der Waals surface area contributed by atoms with E-state index in [0.717, 1.165) is 18.7 Å². The number of likely N-dealkylation sites (N-methyl/N-ethyl adjacent to an activating group) is 1. The fourth-order valence-corrected chi connectivity index (χ4v) is 2.42. The first-order valence-electron chi connectivity index (χ1n) is 7.29. The van der Waals surface area contributed by atoms with Gasteiger partial charge in [-0.05, 0) is 39.0 Å². The average molecular weight is 277 g/mol. The number of unbranched alkanes of at least 4 members (excludes halogenated alkanes) is 1. The maximum atomic E-state index is 12.0. The van der Waals surface area contributed by atoms with E-state index in [4.69, 9.17) is 5.73 Å². The van der Waals surface area contributed by atoms with Gasteiger partial charge < -0.3 is 16.0 Å². The molecule has 0 saturated carbocycles. The van der Waals surface area contributed by atoms with Gasteiger partial charge in [0.2, 0.25) is 5.91 Å². The van der Waals surface area contributed by atoms with Crippen molar-refractivity contribution >= 4 is 5.91 Å². The molecule has 0 aromatic heterocycles.